The molecule has 0 amide bonds. The molecule has 0 N–H and O–H groups in total. The van der Waals surface area contributed by atoms with Crippen LogP contribution < -0.4 is 0 Å². The Morgan fingerprint density at radius 2 is 1.57 bits per heavy atom. The Balaban J connectivity index is 2.40. The van der Waals surface area contributed by atoms with Crippen molar-refractivity contribution < 1.29 is 6.20 Å². The Morgan fingerprint density at radius 1 is 1.14 bits per heavy atom. The van der Waals surface area contributed by atoms with Gasteiger partial charge in [0.15, 0.2) is 0 Å². The number of rotatable bonds is 0. The van der Waals surface area contributed by atoms with Crippen LogP contribution in [-0.4, -0.2) is 32.2 Å². The monoisotopic (exact) mass is 220 g/mol. The molecular formula is C4H10O2Te. The van der Waals surface area contributed by atoms with Gasteiger partial charge in [0.05, 0.1) is 0 Å². The Labute approximate surface area is 48.7 Å². The molecule has 1 heterocycles. The molecule has 0 aromatic heterocycles. The molecule has 0 radical (unpaired) electrons. The van der Waals surface area contributed by atoms with E-state index in [-0.39, 0.29) is 0 Å². The topological polar surface area (TPSA) is 18.5 Å². The molecule has 0 aromatic carbocycles. The van der Waals surface area contributed by atoms with Crippen molar-refractivity contribution in [1.29, 1.82) is 0 Å². The van der Waals surface area contributed by atoms with Gasteiger partial charge in [0.25, 0.3) is 0 Å². The summed E-state index contributed by atoms with van der Waals surface area (Å²) in [5.41, 5.74) is 0. The van der Waals surface area contributed by atoms with Crippen LogP contribution in [0.15, 0.2) is 0 Å². The predicted molar refractivity (Wildman–Crippen MR) is 29.4 cm³/mol. The molecule has 1 saturated heterocycles. The zero-order valence-electron chi connectivity index (χ0n) is 4.64. The summed E-state index contributed by atoms with van der Waals surface area (Å²) < 4.78 is 10.6. The van der Waals surface area contributed by atoms with Gasteiger partial charge in [-0.05, 0) is 0 Å². The third-order valence-electron chi connectivity index (χ3n) is 0.818. The molecule has 1 aliphatic rings. The second kappa shape index (κ2) is 1.91. The average Bonchev–Trinajstić information content (AvgIpc) is 1.84. The van der Waals surface area contributed by atoms with Gasteiger partial charge >= 0.3 is 48.4 Å². The molecule has 2 nitrogen and oxygen atoms in total. The van der Waals surface area contributed by atoms with E-state index in [9.17, 15) is 0 Å². The van der Waals surface area contributed by atoms with Crippen LogP contribution in [0, 0.1) is 0 Å². The van der Waals surface area contributed by atoms with Gasteiger partial charge in [-0.25, -0.2) is 0 Å². The second-order valence-corrected chi connectivity index (χ2v) is 9.66. The van der Waals surface area contributed by atoms with Gasteiger partial charge in [0.2, 0.25) is 0 Å². The average molecular weight is 218 g/mol. The Kier molecular flexibility index (Phi) is 1.59. The second-order valence-electron chi connectivity index (χ2n) is 1.79. The van der Waals surface area contributed by atoms with Crippen molar-refractivity contribution in [2.24, 2.45) is 0 Å². The van der Waals surface area contributed by atoms with Gasteiger partial charge in [0, 0.05) is 0 Å². The van der Waals surface area contributed by atoms with E-state index in [0.717, 1.165) is 13.2 Å². The van der Waals surface area contributed by atoms with Crippen molar-refractivity contribution in [1.82, 2.24) is 0 Å². The predicted octanol–water partition coefficient (Wildman–Crippen LogP) is 0.735. The van der Waals surface area contributed by atoms with Crippen LogP contribution >= 0.6 is 0 Å². The quantitative estimate of drug-likeness (QED) is 0.558. The van der Waals surface area contributed by atoms with Crippen molar-refractivity contribution in [3.05, 3.63) is 0 Å². The molecule has 0 atom stereocenters. The number of hydrogen-bond donors (Lipinski definition) is 0. The zero-order valence-corrected chi connectivity index (χ0v) is 6.97. The third-order valence-corrected chi connectivity index (χ3v) is 5.01. The molecular weight excluding hydrogens is 208 g/mol. The van der Waals surface area contributed by atoms with E-state index < -0.39 is 19.0 Å². The first-order valence-corrected chi connectivity index (χ1v) is 8.79. The minimum atomic E-state index is -1.99. The summed E-state index contributed by atoms with van der Waals surface area (Å²) in [5.74, 6) is 0. The molecule has 1 fully saturated rings. The summed E-state index contributed by atoms with van der Waals surface area (Å²) in [5, 5.41) is 0. The first-order chi connectivity index (χ1) is 3.21. The Morgan fingerprint density at radius 3 is 1.71 bits per heavy atom. The molecule has 0 bridgehead atoms. The van der Waals surface area contributed by atoms with Crippen LogP contribution in [0.25, 0.3) is 0 Å². The van der Waals surface area contributed by atoms with Gasteiger partial charge in [-0.15, -0.1) is 0 Å². The summed E-state index contributed by atoms with van der Waals surface area (Å²) in [6.07, 6.45) is 0. The van der Waals surface area contributed by atoms with Gasteiger partial charge in [0.1, 0.15) is 0 Å². The van der Waals surface area contributed by atoms with Gasteiger partial charge in [-0.1, -0.05) is 0 Å². The molecule has 1 aliphatic heterocycles. The van der Waals surface area contributed by atoms with E-state index in [2.05, 4.69) is 9.94 Å². The summed E-state index contributed by atoms with van der Waals surface area (Å²) in [7, 11) is 0. The van der Waals surface area contributed by atoms with Crippen molar-refractivity contribution in [2.45, 2.75) is 9.94 Å². The SMILES string of the molecule is C[Te]1(C)OCCO1. The van der Waals surface area contributed by atoms with Crippen LogP contribution in [0.5, 0.6) is 0 Å². The van der Waals surface area contributed by atoms with E-state index in [4.69, 9.17) is 6.20 Å². The van der Waals surface area contributed by atoms with E-state index in [0.29, 0.717) is 0 Å². The molecule has 0 spiro atoms. The van der Waals surface area contributed by atoms with Crippen LogP contribution in [-0.2, 0) is 6.20 Å². The fourth-order valence-corrected chi connectivity index (χ4v) is 3.38. The molecule has 0 aliphatic carbocycles. The maximum atomic E-state index is 5.31. The van der Waals surface area contributed by atoms with Crippen molar-refractivity contribution in [2.75, 3.05) is 13.2 Å². The zero-order chi connectivity index (χ0) is 5.33. The van der Waals surface area contributed by atoms with Crippen LogP contribution in [0.3, 0.4) is 0 Å². The fraction of sp³-hybridized carbons (Fsp3) is 1.00. The molecule has 44 valence electrons. The summed E-state index contributed by atoms with van der Waals surface area (Å²) in [6, 6.07) is 0. The van der Waals surface area contributed by atoms with Crippen molar-refractivity contribution in [3.8, 4) is 0 Å². The molecule has 1 rings (SSSR count). The summed E-state index contributed by atoms with van der Waals surface area (Å²) in [4.78, 5) is 4.21. The van der Waals surface area contributed by atoms with E-state index in [1.807, 2.05) is 0 Å². The maximum absolute atomic E-state index is 5.31. The van der Waals surface area contributed by atoms with Gasteiger partial charge in [-0.3, -0.25) is 0 Å². The van der Waals surface area contributed by atoms with Crippen LogP contribution in [0.4, 0.5) is 0 Å². The van der Waals surface area contributed by atoms with Gasteiger partial charge in [-0.2, -0.15) is 0 Å². The van der Waals surface area contributed by atoms with Gasteiger partial charge < -0.3 is 0 Å². The summed E-state index contributed by atoms with van der Waals surface area (Å²) in [6.45, 7) is 1.66. The van der Waals surface area contributed by atoms with E-state index in [1.54, 1.807) is 0 Å². The molecule has 3 heteroatoms. The third kappa shape index (κ3) is 1.58. The van der Waals surface area contributed by atoms with E-state index in [1.165, 1.54) is 0 Å². The standard InChI is InChI=1S/C4H10O2Te/c1-7(2)5-3-4-6-7/h3-4H2,1-2H3. The van der Waals surface area contributed by atoms with Crippen LogP contribution in [0.1, 0.15) is 0 Å². The molecule has 7 heavy (non-hydrogen) atoms. The Bertz CT molecular complexity index is 64.1. The normalized spacial score (nSPS) is 32.9. The first-order valence-electron chi connectivity index (χ1n) is 2.23. The van der Waals surface area contributed by atoms with Crippen LogP contribution in [0.2, 0.25) is 9.94 Å². The molecule has 0 saturated carbocycles. The van der Waals surface area contributed by atoms with E-state index >= 15 is 0 Å². The minimum absolute atomic E-state index is 0.828. The Hall–Kier alpha value is 0.710. The molecule has 0 unspecified atom stereocenters. The number of hydrogen-bond acceptors (Lipinski definition) is 2. The van der Waals surface area contributed by atoms with Crippen molar-refractivity contribution in [3.63, 3.8) is 0 Å². The summed E-state index contributed by atoms with van der Waals surface area (Å²) >= 11 is -1.99. The van der Waals surface area contributed by atoms with Crippen molar-refractivity contribution >= 4 is 19.0 Å². The first kappa shape index (κ1) is 5.84. The molecule has 0 aromatic rings. The fourth-order valence-electron chi connectivity index (χ4n) is 0.503.